The first-order valence-corrected chi connectivity index (χ1v) is 10.6. The largest absolute Gasteiger partial charge is 0.465 e. The Morgan fingerprint density at radius 2 is 1.59 bits per heavy atom. The van der Waals surface area contributed by atoms with Crippen LogP contribution in [-0.4, -0.2) is 69.3 Å². The SMILES string of the molecule is COC(=O)c1ccc(NC(=O)CN2CCN(S(=O)(=O)c3ccccc3)CC2)cc1. The molecule has 0 unspecified atom stereocenters. The molecule has 1 heterocycles. The third kappa shape index (κ3) is 5.20. The number of esters is 1. The van der Waals surface area contributed by atoms with Crippen LogP contribution >= 0.6 is 0 Å². The number of hydrogen-bond acceptors (Lipinski definition) is 6. The standard InChI is InChI=1S/C20H23N3O5S/c1-28-20(25)16-7-9-17(10-8-16)21-19(24)15-22-11-13-23(14-12-22)29(26,27)18-5-3-2-4-6-18/h2-10H,11-15H2,1H3,(H,21,24). The Kier molecular flexibility index (Phi) is 6.63. The maximum absolute atomic E-state index is 12.6. The van der Waals surface area contributed by atoms with Crippen molar-refractivity contribution in [1.29, 1.82) is 0 Å². The maximum Gasteiger partial charge on any atom is 0.337 e. The van der Waals surface area contributed by atoms with Gasteiger partial charge in [0.05, 0.1) is 24.1 Å². The molecule has 0 spiro atoms. The minimum Gasteiger partial charge on any atom is -0.465 e. The highest BCUT2D eigenvalue weighted by molar-refractivity contribution is 7.89. The van der Waals surface area contributed by atoms with E-state index in [9.17, 15) is 18.0 Å². The Morgan fingerprint density at radius 3 is 2.17 bits per heavy atom. The molecule has 1 saturated heterocycles. The predicted molar refractivity (Wildman–Crippen MR) is 108 cm³/mol. The first kappa shape index (κ1) is 21.0. The molecule has 1 aliphatic heterocycles. The van der Waals surface area contributed by atoms with Gasteiger partial charge in [-0.1, -0.05) is 18.2 Å². The molecule has 0 aliphatic carbocycles. The van der Waals surface area contributed by atoms with Gasteiger partial charge in [-0.2, -0.15) is 4.31 Å². The van der Waals surface area contributed by atoms with Crippen molar-refractivity contribution in [3.05, 3.63) is 60.2 Å². The summed E-state index contributed by atoms with van der Waals surface area (Å²) < 4.78 is 31.4. The lowest BCUT2D eigenvalue weighted by Crippen LogP contribution is -2.50. The van der Waals surface area contributed by atoms with Gasteiger partial charge in [0.15, 0.2) is 0 Å². The zero-order valence-corrected chi connectivity index (χ0v) is 16.9. The molecule has 3 rings (SSSR count). The Hall–Kier alpha value is -2.75. The molecule has 2 aromatic carbocycles. The normalized spacial score (nSPS) is 15.6. The first-order chi connectivity index (χ1) is 13.9. The van der Waals surface area contributed by atoms with E-state index in [-0.39, 0.29) is 17.3 Å². The van der Waals surface area contributed by atoms with Crippen molar-refractivity contribution >= 4 is 27.6 Å². The molecule has 0 bridgehead atoms. The summed E-state index contributed by atoms with van der Waals surface area (Å²) >= 11 is 0. The minimum atomic E-state index is -3.51. The van der Waals surface area contributed by atoms with Crippen LogP contribution in [-0.2, 0) is 19.6 Å². The number of benzene rings is 2. The molecule has 0 atom stereocenters. The number of hydrogen-bond donors (Lipinski definition) is 1. The molecule has 8 nitrogen and oxygen atoms in total. The zero-order valence-electron chi connectivity index (χ0n) is 16.1. The Labute approximate surface area is 170 Å². The molecular formula is C20H23N3O5S. The van der Waals surface area contributed by atoms with Crippen molar-refractivity contribution in [2.24, 2.45) is 0 Å². The molecule has 1 fully saturated rings. The number of rotatable bonds is 6. The number of sulfonamides is 1. The van der Waals surface area contributed by atoms with Crippen molar-refractivity contribution in [3.8, 4) is 0 Å². The minimum absolute atomic E-state index is 0.165. The van der Waals surface area contributed by atoms with E-state index in [1.165, 1.54) is 11.4 Å². The summed E-state index contributed by atoms with van der Waals surface area (Å²) in [4.78, 5) is 25.9. The van der Waals surface area contributed by atoms with Gasteiger partial charge in [-0.25, -0.2) is 13.2 Å². The second kappa shape index (κ2) is 9.17. The van der Waals surface area contributed by atoms with Gasteiger partial charge in [-0.3, -0.25) is 9.69 Å². The monoisotopic (exact) mass is 417 g/mol. The Balaban J connectivity index is 1.50. The van der Waals surface area contributed by atoms with E-state index < -0.39 is 16.0 Å². The number of amides is 1. The lowest BCUT2D eigenvalue weighted by Gasteiger charge is -2.33. The highest BCUT2D eigenvalue weighted by Crippen LogP contribution is 2.17. The summed E-state index contributed by atoms with van der Waals surface area (Å²) in [5.41, 5.74) is 0.981. The summed E-state index contributed by atoms with van der Waals surface area (Å²) in [5.74, 6) is -0.638. The lowest BCUT2D eigenvalue weighted by atomic mass is 10.2. The maximum atomic E-state index is 12.6. The number of nitrogens with one attached hydrogen (secondary N) is 1. The topological polar surface area (TPSA) is 96.0 Å². The summed E-state index contributed by atoms with van der Waals surface area (Å²) in [6.07, 6.45) is 0. The number of anilines is 1. The summed E-state index contributed by atoms with van der Waals surface area (Å²) in [7, 11) is -2.20. The van der Waals surface area contributed by atoms with E-state index in [2.05, 4.69) is 10.1 Å². The quantitative estimate of drug-likeness (QED) is 0.714. The fourth-order valence-electron chi connectivity index (χ4n) is 3.08. The Morgan fingerprint density at radius 1 is 0.966 bits per heavy atom. The number of methoxy groups -OCH3 is 1. The third-order valence-corrected chi connectivity index (χ3v) is 6.58. The number of piperazine rings is 1. The van der Waals surface area contributed by atoms with Crippen molar-refractivity contribution in [2.45, 2.75) is 4.90 Å². The third-order valence-electron chi connectivity index (χ3n) is 4.67. The van der Waals surface area contributed by atoms with E-state index in [1.807, 2.05) is 4.90 Å². The lowest BCUT2D eigenvalue weighted by molar-refractivity contribution is -0.117. The molecule has 2 aromatic rings. The first-order valence-electron chi connectivity index (χ1n) is 9.16. The highest BCUT2D eigenvalue weighted by Gasteiger charge is 2.28. The number of carbonyl (C=O) groups excluding carboxylic acids is 2. The van der Waals surface area contributed by atoms with E-state index in [0.717, 1.165) is 0 Å². The zero-order chi connectivity index (χ0) is 20.9. The Bertz CT molecular complexity index is 953. The molecule has 1 N–H and O–H groups in total. The summed E-state index contributed by atoms with van der Waals surface area (Å²) in [6, 6.07) is 14.8. The van der Waals surface area contributed by atoms with Crippen LogP contribution in [0.5, 0.6) is 0 Å². The van der Waals surface area contributed by atoms with Gasteiger partial charge in [0.1, 0.15) is 0 Å². The number of ether oxygens (including phenoxy) is 1. The second-order valence-electron chi connectivity index (χ2n) is 6.61. The molecule has 154 valence electrons. The average Bonchev–Trinajstić information content (AvgIpc) is 2.74. The molecule has 1 amide bonds. The van der Waals surface area contributed by atoms with Crippen molar-refractivity contribution in [3.63, 3.8) is 0 Å². The van der Waals surface area contributed by atoms with Gasteiger partial charge in [0.2, 0.25) is 15.9 Å². The van der Waals surface area contributed by atoms with Crippen LogP contribution in [0.15, 0.2) is 59.5 Å². The number of nitrogens with zero attached hydrogens (tertiary/aromatic N) is 2. The fourth-order valence-corrected chi connectivity index (χ4v) is 4.52. The summed E-state index contributed by atoms with van der Waals surface area (Å²) in [6.45, 7) is 1.77. The summed E-state index contributed by atoms with van der Waals surface area (Å²) in [5, 5.41) is 2.78. The average molecular weight is 417 g/mol. The second-order valence-corrected chi connectivity index (χ2v) is 8.55. The molecule has 0 radical (unpaired) electrons. The van der Waals surface area contributed by atoms with Crippen LogP contribution in [0.1, 0.15) is 10.4 Å². The van der Waals surface area contributed by atoms with E-state index >= 15 is 0 Å². The molecule has 29 heavy (non-hydrogen) atoms. The van der Waals surface area contributed by atoms with Crippen molar-refractivity contribution < 1.29 is 22.7 Å². The highest BCUT2D eigenvalue weighted by atomic mass is 32.2. The predicted octanol–water partition coefficient (Wildman–Crippen LogP) is 1.42. The van der Waals surface area contributed by atoms with Crippen LogP contribution in [0.4, 0.5) is 5.69 Å². The molecular weight excluding hydrogens is 394 g/mol. The van der Waals surface area contributed by atoms with E-state index in [1.54, 1.807) is 54.6 Å². The van der Waals surface area contributed by atoms with E-state index in [4.69, 9.17) is 0 Å². The van der Waals surface area contributed by atoms with Crippen molar-refractivity contribution in [2.75, 3.05) is 45.2 Å². The van der Waals surface area contributed by atoms with E-state index in [0.29, 0.717) is 37.4 Å². The van der Waals surface area contributed by atoms with Gasteiger partial charge < -0.3 is 10.1 Å². The van der Waals surface area contributed by atoms with Crippen LogP contribution in [0.25, 0.3) is 0 Å². The van der Waals surface area contributed by atoms with Crippen LogP contribution in [0.2, 0.25) is 0 Å². The molecule has 9 heteroatoms. The van der Waals surface area contributed by atoms with Crippen LogP contribution in [0, 0.1) is 0 Å². The van der Waals surface area contributed by atoms with Gasteiger partial charge in [-0.15, -0.1) is 0 Å². The van der Waals surface area contributed by atoms with Gasteiger partial charge >= 0.3 is 5.97 Å². The number of carbonyl (C=O) groups is 2. The van der Waals surface area contributed by atoms with Gasteiger partial charge in [0, 0.05) is 31.9 Å². The smallest absolute Gasteiger partial charge is 0.337 e. The van der Waals surface area contributed by atoms with Gasteiger partial charge in [-0.05, 0) is 36.4 Å². The van der Waals surface area contributed by atoms with Gasteiger partial charge in [0.25, 0.3) is 0 Å². The van der Waals surface area contributed by atoms with Crippen LogP contribution in [0.3, 0.4) is 0 Å². The van der Waals surface area contributed by atoms with Crippen LogP contribution < -0.4 is 5.32 Å². The molecule has 0 saturated carbocycles. The fraction of sp³-hybridized carbons (Fsp3) is 0.300. The molecule has 1 aliphatic rings. The molecule has 0 aromatic heterocycles. The van der Waals surface area contributed by atoms with Crippen molar-refractivity contribution in [1.82, 2.24) is 9.21 Å².